The lowest BCUT2D eigenvalue weighted by Crippen LogP contribution is -1.94. The summed E-state index contributed by atoms with van der Waals surface area (Å²) in [6.07, 6.45) is 0. The highest BCUT2D eigenvalue weighted by atomic mass is 32.1. The number of hydrogen-bond donors (Lipinski definition) is 0. The number of furan rings is 2. The summed E-state index contributed by atoms with van der Waals surface area (Å²) in [6.45, 7) is 0. The van der Waals surface area contributed by atoms with E-state index >= 15 is 0 Å². The summed E-state index contributed by atoms with van der Waals surface area (Å²) in [5, 5.41) is 22.8. The van der Waals surface area contributed by atoms with Gasteiger partial charge in [0.2, 0.25) is 0 Å². The fourth-order valence-electron chi connectivity index (χ4n) is 15.8. The molecule has 0 fully saturated rings. The topological polar surface area (TPSA) is 52.1 Å². The molecular formula is C90H50N2O2S. The first-order valence-electron chi connectivity index (χ1n) is 32.4. The van der Waals surface area contributed by atoms with E-state index < -0.39 is 0 Å². The maximum atomic E-state index is 6.89. The van der Waals surface area contributed by atoms with Gasteiger partial charge in [-0.05, 0) is 182 Å². The second kappa shape index (κ2) is 20.1. The van der Waals surface area contributed by atoms with Crippen molar-refractivity contribution in [3.05, 3.63) is 303 Å². The van der Waals surface area contributed by atoms with Crippen LogP contribution in [0.25, 0.3) is 218 Å². The molecule has 0 spiro atoms. The van der Waals surface area contributed by atoms with Crippen LogP contribution >= 0.6 is 11.3 Å². The first-order chi connectivity index (χ1) is 47.1. The van der Waals surface area contributed by atoms with Crippen molar-refractivity contribution in [1.82, 2.24) is 9.97 Å². The van der Waals surface area contributed by atoms with E-state index in [0.29, 0.717) is 0 Å². The molecule has 0 aliphatic carbocycles. The van der Waals surface area contributed by atoms with Gasteiger partial charge in [-0.1, -0.05) is 231 Å². The van der Waals surface area contributed by atoms with Gasteiger partial charge in [0.25, 0.3) is 0 Å². The Morgan fingerprint density at radius 1 is 0.232 bits per heavy atom. The van der Waals surface area contributed by atoms with Crippen molar-refractivity contribution in [1.29, 1.82) is 0 Å². The lowest BCUT2D eigenvalue weighted by Gasteiger charge is -2.17. The third-order valence-electron chi connectivity index (χ3n) is 20.2. The van der Waals surface area contributed by atoms with Crippen LogP contribution in [0.1, 0.15) is 0 Å². The molecule has 5 aromatic heterocycles. The molecule has 0 saturated heterocycles. The summed E-state index contributed by atoms with van der Waals surface area (Å²) >= 11 is 1.86. The van der Waals surface area contributed by atoms with E-state index in [0.717, 1.165) is 165 Å². The zero-order valence-corrected chi connectivity index (χ0v) is 51.8. The van der Waals surface area contributed by atoms with Crippen LogP contribution < -0.4 is 0 Å². The normalized spacial score (nSPS) is 12.2. The number of nitrogens with zero attached hydrogens (tertiary/aromatic N) is 2. The number of fused-ring (bicyclic) bond motifs is 21. The molecule has 0 unspecified atom stereocenters. The molecule has 0 saturated carbocycles. The van der Waals surface area contributed by atoms with Crippen molar-refractivity contribution >= 4 is 162 Å². The molecule has 5 heterocycles. The Hall–Kier alpha value is -12.3. The van der Waals surface area contributed by atoms with Gasteiger partial charge in [0.15, 0.2) is 0 Å². The molecule has 0 atom stereocenters. The van der Waals surface area contributed by atoms with Crippen LogP contribution in [-0.2, 0) is 0 Å². The van der Waals surface area contributed by atoms with Crippen LogP contribution in [-0.4, -0.2) is 9.97 Å². The van der Waals surface area contributed by atoms with Gasteiger partial charge in [-0.2, -0.15) is 0 Å². The SMILES string of the molecule is c1ccc2cc(-c3cc(-c4ccc(-c5cccc6c5sc5ccccc56)cc4)nc4c3ccc3oc5ccc6cc(-c7ccc(-c8cc(-c9c%10ccccc%10cc%10ccccc9%10)nc9c8ccc8oc%10ccc%11ccccc%11c%10c89)c8ccccc78)ccc6c5c34)ccc2c1. The largest absolute Gasteiger partial charge is 0.456 e. The second-order valence-corrected chi connectivity index (χ2v) is 26.4. The predicted octanol–water partition coefficient (Wildman–Crippen LogP) is 25.9. The van der Waals surface area contributed by atoms with Crippen LogP contribution in [0.3, 0.4) is 0 Å². The summed E-state index contributed by atoms with van der Waals surface area (Å²) in [4.78, 5) is 11.5. The van der Waals surface area contributed by atoms with Gasteiger partial charge >= 0.3 is 0 Å². The van der Waals surface area contributed by atoms with Gasteiger partial charge < -0.3 is 8.83 Å². The number of benzene rings is 16. The number of rotatable bonds is 6. The molecule has 95 heavy (non-hydrogen) atoms. The van der Waals surface area contributed by atoms with Crippen molar-refractivity contribution in [3.63, 3.8) is 0 Å². The van der Waals surface area contributed by atoms with Crippen LogP contribution in [0.2, 0.25) is 0 Å². The Labute approximate surface area is 547 Å². The number of pyridine rings is 2. The molecule has 0 radical (unpaired) electrons. The molecule has 0 N–H and O–H groups in total. The van der Waals surface area contributed by atoms with E-state index in [2.05, 4.69) is 303 Å². The van der Waals surface area contributed by atoms with E-state index in [9.17, 15) is 0 Å². The van der Waals surface area contributed by atoms with E-state index in [1.807, 2.05) is 11.3 Å². The predicted molar refractivity (Wildman–Crippen MR) is 402 cm³/mol. The third kappa shape index (κ3) is 7.88. The maximum absolute atomic E-state index is 6.89. The Balaban J connectivity index is 0.745. The van der Waals surface area contributed by atoms with Crippen LogP contribution in [0, 0.1) is 0 Å². The van der Waals surface area contributed by atoms with Gasteiger partial charge in [0.05, 0.1) is 33.2 Å². The van der Waals surface area contributed by atoms with E-state index in [1.165, 1.54) is 52.8 Å². The second-order valence-electron chi connectivity index (χ2n) is 25.3. The van der Waals surface area contributed by atoms with Crippen molar-refractivity contribution < 1.29 is 8.83 Å². The zero-order valence-electron chi connectivity index (χ0n) is 51.0. The minimum absolute atomic E-state index is 0.807. The highest BCUT2D eigenvalue weighted by Crippen LogP contribution is 2.49. The van der Waals surface area contributed by atoms with E-state index in [1.54, 1.807) is 0 Å². The minimum Gasteiger partial charge on any atom is -0.456 e. The molecule has 16 aromatic carbocycles. The molecule has 0 aliphatic rings. The molecule has 21 rings (SSSR count). The van der Waals surface area contributed by atoms with Crippen molar-refractivity contribution in [2.24, 2.45) is 0 Å². The standard InChI is InChI=1S/C90H50N2O2S/c1-2-16-55-46-60(33-28-51(55)14-1)74-49-76(54-31-29-53(30-32-54)66-25-13-26-73-70-24-11-12-27-82(70)95-90(66)73)91-88-71(74)40-44-80-87(88)85-65-37-34-58(48-59(65)36-43-79(85)94-80)61-38-39-69(68-23-10-9-22-67(61)68)75-50-77(83-63-20-7-4-17-56(63)47-57-18-5-8-21-64(57)83)92-89-72(75)41-45-81-86(89)84-62-19-6-3-15-52(62)35-42-78(84)93-81/h1-50H. The molecule has 21 aromatic rings. The van der Waals surface area contributed by atoms with Crippen molar-refractivity contribution in [2.45, 2.75) is 0 Å². The Morgan fingerprint density at radius 3 is 1.43 bits per heavy atom. The summed E-state index contributed by atoms with van der Waals surface area (Å²) in [6, 6.07) is 111. The number of thiophene rings is 1. The van der Waals surface area contributed by atoms with Crippen molar-refractivity contribution in [2.75, 3.05) is 0 Å². The lowest BCUT2D eigenvalue weighted by molar-refractivity contribution is 0.669. The van der Waals surface area contributed by atoms with Crippen LogP contribution in [0.5, 0.6) is 0 Å². The summed E-state index contributed by atoms with van der Waals surface area (Å²) in [5.41, 5.74) is 18.3. The first kappa shape index (κ1) is 52.4. The van der Waals surface area contributed by atoms with Gasteiger partial charge in [-0.15, -0.1) is 11.3 Å². The van der Waals surface area contributed by atoms with E-state index in [4.69, 9.17) is 18.8 Å². The molecule has 0 amide bonds. The molecule has 4 nitrogen and oxygen atoms in total. The zero-order chi connectivity index (χ0) is 62.0. The fraction of sp³-hybridized carbons (Fsp3) is 0. The molecule has 0 aliphatic heterocycles. The summed E-state index contributed by atoms with van der Waals surface area (Å²) in [7, 11) is 0. The quantitative estimate of drug-likeness (QED) is 0.156. The Bertz CT molecular complexity index is 6860. The molecule has 438 valence electrons. The molecule has 0 bridgehead atoms. The van der Waals surface area contributed by atoms with E-state index in [-0.39, 0.29) is 0 Å². The van der Waals surface area contributed by atoms with Gasteiger partial charge in [0, 0.05) is 52.8 Å². The molecule has 5 heteroatoms. The monoisotopic (exact) mass is 1220 g/mol. The van der Waals surface area contributed by atoms with Gasteiger partial charge in [0.1, 0.15) is 22.3 Å². The minimum atomic E-state index is 0.807. The molecular weight excluding hydrogens is 1170 g/mol. The first-order valence-corrected chi connectivity index (χ1v) is 33.2. The number of hydrogen-bond acceptors (Lipinski definition) is 5. The van der Waals surface area contributed by atoms with Gasteiger partial charge in [-0.25, -0.2) is 9.97 Å². The Morgan fingerprint density at radius 2 is 0.695 bits per heavy atom. The maximum Gasteiger partial charge on any atom is 0.137 e. The number of aromatic nitrogens is 2. The highest BCUT2D eigenvalue weighted by Gasteiger charge is 2.24. The third-order valence-corrected chi connectivity index (χ3v) is 21.4. The smallest absolute Gasteiger partial charge is 0.137 e. The highest BCUT2D eigenvalue weighted by molar-refractivity contribution is 7.26. The Kier molecular flexibility index (Phi) is 11.1. The summed E-state index contributed by atoms with van der Waals surface area (Å²) < 4.78 is 16.3. The summed E-state index contributed by atoms with van der Waals surface area (Å²) in [5.74, 6) is 0. The average molecular weight is 1220 g/mol. The average Bonchev–Trinajstić information content (AvgIpc) is 1.67. The van der Waals surface area contributed by atoms with Gasteiger partial charge in [-0.3, -0.25) is 0 Å². The van der Waals surface area contributed by atoms with Crippen molar-refractivity contribution in [3.8, 4) is 67.0 Å². The fourth-order valence-corrected chi connectivity index (χ4v) is 17.1. The lowest BCUT2D eigenvalue weighted by atomic mass is 9.88. The van der Waals surface area contributed by atoms with Crippen LogP contribution in [0.4, 0.5) is 0 Å². The van der Waals surface area contributed by atoms with Crippen LogP contribution in [0.15, 0.2) is 312 Å².